The Labute approximate surface area is 128 Å². The van der Waals surface area contributed by atoms with E-state index in [2.05, 4.69) is 29.8 Å². The van der Waals surface area contributed by atoms with Crippen LogP contribution < -0.4 is 0 Å². The van der Waals surface area contributed by atoms with E-state index in [4.69, 9.17) is 0 Å². The summed E-state index contributed by atoms with van der Waals surface area (Å²) in [4.78, 5) is 0. The Bertz CT molecular complexity index is 300. The van der Waals surface area contributed by atoms with Gasteiger partial charge in [-0.3, -0.25) is 0 Å². The zero-order chi connectivity index (χ0) is 13.4. The van der Waals surface area contributed by atoms with E-state index in [1.165, 1.54) is 37.4 Å². The Hall–Kier alpha value is 0.480. The van der Waals surface area contributed by atoms with E-state index < -0.39 is 0 Å². The molecule has 0 radical (unpaired) electrons. The molecule has 0 bridgehead atoms. The van der Waals surface area contributed by atoms with Gasteiger partial charge in [-0.15, -0.1) is 0 Å². The van der Waals surface area contributed by atoms with Crippen LogP contribution in [-0.2, 0) is 0 Å². The van der Waals surface area contributed by atoms with Gasteiger partial charge in [-0.25, -0.2) is 0 Å². The largest absolute Gasteiger partial charge is 0.0925 e. The number of hydrogen-bond donors (Lipinski definition) is 0. The van der Waals surface area contributed by atoms with E-state index in [9.17, 15) is 0 Å². The first-order valence-electron chi connectivity index (χ1n) is 8.76. The van der Waals surface area contributed by atoms with Crippen molar-refractivity contribution in [1.29, 1.82) is 0 Å². The van der Waals surface area contributed by atoms with Crippen LogP contribution in [0.1, 0.15) is 65.2 Å². The molecule has 0 nitrogen and oxygen atoms in total. The summed E-state index contributed by atoms with van der Waals surface area (Å²) >= 11 is 3.81. The molecule has 0 aromatic rings. The van der Waals surface area contributed by atoms with Gasteiger partial charge in [0.1, 0.15) is 0 Å². The third-order valence-corrected chi connectivity index (χ3v) is 7.86. The molecule has 0 amide bonds. The molecule has 7 atom stereocenters. The van der Waals surface area contributed by atoms with Gasteiger partial charge in [0.05, 0.1) is 0 Å². The number of hydrogen-bond acceptors (Lipinski definition) is 0. The van der Waals surface area contributed by atoms with Gasteiger partial charge in [0.25, 0.3) is 0 Å². The van der Waals surface area contributed by atoms with Crippen molar-refractivity contribution in [2.75, 3.05) is 5.33 Å². The lowest BCUT2D eigenvalue weighted by Gasteiger charge is -2.42. The third-order valence-electron chi connectivity index (χ3n) is 7.03. The average molecular weight is 327 g/mol. The molecule has 0 aliphatic heterocycles. The molecule has 0 N–H and O–H groups in total. The van der Waals surface area contributed by atoms with Crippen molar-refractivity contribution in [3.63, 3.8) is 0 Å². The predicted octanol–water partition coefficient (Wildman–Crippen LogP) is 5.90. The van der Waals surface area contributed by atoms with E-state index in [0.717, 1.165) is 41.4 Å². The Morgan fingerprint density at radius 2 is 1.53 bits per heavy atom. The molecule has 3 saturated carbocycles. The van der Waals surface area contributed by atoms with Crippen molar-refractivity contribution in [2.24, 2.45) is 41.4 Å². The molecular formula is C18H31Br. The molecule has 0 saturated heterocycles. The highest BCUT2D eigenvalue weighted by molar-refractivity contribution is 9.09. The lowest BCUT2D eigenvalue weighted by molar-refractivity contribution is 0.0757. The number of alkyl halides is 1. The number of rotatable bonds is 2. The summed E-state index contributed by atoms with van der Waals surface area (Å²) in [7, 11) is 0. The van der Waals surface area contributed by atoms with E-state index in [1.54, 1.807) is 19.3 Å². The van der Waals surface area contributed by atoms with Crippen molar-refractivity contribution < 1.29 is 0 Å². The first-order chi connectivity index (χ1) is 9.20. The lowest BCUT2D eigenvalue weighted by atomic mass is 9.63. The highest BCUT2D eigenvalue weighted by Crippen LogP contribution is 2.54. The van der Waals surface area contributed by atoms with Gasteiger partial charge in [0, 0.05) is 5.33 Å². The highest BCUT2D eigenvalue weighted by Gasteiger charge is 2.46. The van der Waals surface area contributed by atoms with Gasteiger partial charge in [-0.1, -0.05) is 42.6 Å². The summed E-state index contributed by atoms with van der Waals surface area (Å²) < 4.78 is 0. The van der Waals surface area contributed by atoms with Gasteiger partial charge < -0.3 is 0 Å². The summed E-state index contributed by atoms with van der Waals surface area (Å²) in [5.74, 6) is 7.29. The summed E-state index contributed by atoms with van der Waals surface area (Å²) in [5, 5.41) is 1.26. The van der Waals surface area contributed by atoms with Gasteiger partial charge in [-0.05, 0) is 80.0 Å². The molecule has 3 fully saturated rings. The SMILES string of the molecule is CC1CC2CCC(C3CCCCC3CBr)C2CC1C. The highest BCUT2D eigenvalue weighted by atomic mass is 79.9. The molecule has 110 valence electrons. The van der Waals surface area contributed by atoms with Crippen LogP contribution >= 0.6 is 15.9 Å². The monoisotopic (exact) mass is 326 g/mol. The number of halogens is 1. The standard InChI is InChI=1S/C18H31Br/c1-12-9-14-7-8-17(18(14)10-13(12)2)16-6-4-3-5-15(16)11-19/h12-18H,3-11H2,1-2H3. The molecule has 3 rings (SSSR count). The van der Waals surface area contributed by atoms with Crippen LogP contribution in [0.3, 0.4) is 0 Å². The van der Waals surface area contributed by atoms with Crippen molar-refractivity contribution in [2.45, 2.75) is 65.2 Å². The maximum atomic E-state index is 3.81. The zero-order valence-electron chi connectivity index (χ0n) is 12.8. The van der Waals surface area contributed by atoms with Crippen LogP contribution in [0, 0.1) is 41.4 Å². The van der Waals surface area contributed by atoms with Crippen molar-refractivity contribution >= 4 is 15.9 Å². The second-order valence-electron chi connectivity index (χ2n) is 7.95. The maximum absolute atomic E-state index is 3.81. The van der Waals surface area contributed by atoms with E-state index >= 15 is 0 Å². The molecule has 3 aliphatic carbocycles. The molecule has 19 heavy (non-hydrogen) atoms. The third kappa shape index (κ3) is 2.78. The quantitative estimate of drug-likeness (QED) is 0.554. The van der Waals surface area contributed by atoms with E-state index in [1.807, 2.05) is 0 Å². The second-order valence-corrected chi connectivity index (χ2v) is 8.60. The first kappa shape index (κ1) is 14.4. The van der Waals surface area contributed by atoms with Crippen molar-refractivity contribution in [3.8, 4) is 0 Å². The molecule has 0 spiro atoms. The fourth-order valence-corrected chi connectivity index (χ4v) is 6.54. The molecule has 1 heteroatoms. The van der Waals surface area contributed by atoms with Gasteiger partial charge in [0.2, 0.25) is 0 Å². The first-order valence-corrected chi connectivity index (χ1v) is 9.88. The van der Waals surface area contributed by atoms with Crippen LogP contribution in [0.2, 0.25) is 0 Å². The van der Waals surface area contributed by atoms with Gasteiger partial charge in [0.15, 0.2) is 0 Å². The van der Waals surface area contributed by atoms with E-state index in [-0.39, 0.29) is 0 Å². The Kier molecular flexibility index (Phi) is 4.61. The number of fused-ring (bicyclic) bond motifs is 1. The minimum atomic E-state index is 0.980. The Balaban J connectivity index is 1.71. The van der Waals surface area contributed by atoms with Crippen LogP contribution in [-0.4, -0.2) is 5.33 Å². The summed E-state index contributed by atoms with van der Waals surface area (Å²) in [5.41, 5.74) is 0. The van der Waals surface area contributed by atoms with Gasteiger partial charge >= 0.3 is 0 Å². The van der Waals surface area contributed by atoms with Gasteiger partial charge in [-0.2, -0.15) is 0 Å². The molecule has 0 aromatic carbocycles. The average Bonchev–Trinajstić information content (AvgIpc) is 2.82. The minimum absolute atomic E-state index is 0.980. The zero-order valence-corrected chi connectivity index (χ0v) is 14.4. The van der Waals surface area contributed by atoms with Crippen LogP contribution in [0.25, 0.3) is 0 Å². The van der Waals surface area contributed by atoms with Crippen molar-refractivity contribution in [1.82, 2.24) is 0 Å². The molecule has 7 unspecified atom stereocenters. The molecule has 3 aliphatic rings. The molecular weight excluding hydrogens is 296 g/mol. The van der Waals surface area contributed by atoms with Crippen LogP contribution in [0.5, 0.6) is 0 Å². The molecule has 0 aromatic heterocycles. The minimum Gasteiger partial charge on any atom is -0.0925 e. The maximum Gasteiger partial charge on any atom is 0.00624 e. The summed E-state index contributed by atoms with van der Waals surface area (Å²) in [6, 6.07) is 0. The fourth-order valence-electron chi connectivity index (χ4n) is 5.74. The van der Waals surface area contributed by atoms with Crippen LogP contribution in [0.4, 0.5) is 0 Å². The normalized spacial score (nSPS) is 51.0. The fraction of sp³-hybridized carbons (Fsp3) is 1.00. The second kappa shape index (κ2) is 6.08. The summed E-state index contributed by atoms with van der Waals surface area (Å²) in [6.07, 6.45) is 12.2. The summed E-state index contributed by atoms with van der Waals surface area (Å²) in [6.45, 7) is 5.01. The molecule has 0 heterocycles. The Morgan fingerprint density at radius 1 is 0.789 bits per heavy atom. The Morgan fingerprint density at radius 3 is 2.32 bits per heavy atom. The van der Waals surface area contributed by atoms with Crippen LogP contribution in [0.15, 0.2) is 0 Å². The predicted molar refractivity (Wildman–Crippen MR) is 86.5 cm³/mol. The lowest BCUT2D eigenvalue weighted by Crippen LogP contribution is -2.35. The van der Waals surface area contributed by atoms with E-state index in [0.29, 0.717) is 0 Å². The smallest absolute Gasteiger partial charge is 0.00624 e. The van der Waals surface area contributed by atoms with Crippen molar-refractivity contribution in [3.05, 3.63) is 0 Å². The topological polar surface area (TPSA) is 0 Å².